The summed E-state index contributed by atoms with van der Waals surface area (Å²) in [7, 11) is 0. The Kier molecular flexibility index (Phi) is 5.14. The Labute approximate surface area is 195 Å². The molecule has 4 aromatic rings. The van der Waals surface area contributed by atoms with Gasteiger partial charge in [-0.3, -0.25) is 9.20 Å². The molecule has 0 aliphatic carbocycles. The van der Waals surface area contributed by atoms with Gasteiger partial charge in [0, 0.05) is 11.8 Å². The highest BCUT2D eigenvalue weighted by atomic mass is 19.1. The molecule has 0 radical (unpaired) electrons. The second-order valence-electron chi connectivity index (χ2n) is 8.43. The average Bonchev–Trinajstić information content (AvgIpc) is 3.30. The van der Waals surface area contributed by atoms with Gasteiger partial charge in [-0.15, -0.1) is 0 Å². The summed E-state index contributed by atoms with van der Waals surface area (Å²) in [5, 5.41) is 9.06. The van der Waals surface area contributed by atoms with Crippen LogP contribution in [-0.2, 0) is 16.1 Å². The maximum Gasteiger partial charge on any atom is 0.224 e. The normalized spacial score (nSPS) is 14.8. The fourth-order valence-corrected chi connectivity index (χ4v) is 3.89. The summed E-state index contributed by atoms with van der Waals surface area (Å²) >= 11 is 0. The van der Waals surface area contributed by atoms with Crippen molar-refractivity contribution >= 4 is 22.8 Å². The predicted molar refractivity (Wildman–Crippen MR) is 124 cm³/mol. The van der Waals surface area contributed by atoms with Crippen molar-refractivity contribution in [3.05, 3.63) is 101 Å². The number of rotatable bonds is 5. The number of fused-ring (bicyclic) bond motifs is 1. The summed E-state index contributed by atoms with van der Waals surface area (Å²) < 4.78 is 27.7. The number of hydrogen-bond donors (Lipinski definition) is 0. The maximum atomic E-state index is 14.5. The highest BCUT2D eigenvalue weighted by molar-refractivity contribution is 6.32. The van der Waals surface area contributed by atoms with Gasteiger partial charge < -0.3 is 9.47 Å². The smallest absolute Gasteiger partial charge is 0.224 e. The molecular formula is C27H20FN3O3. The zero-order valence-corrected chi connectivity index (χ0v) is 18.6. The largest absolute Gasteiger partial charge is 0.487 e. The van der Waals surface area contributed by atoms with Crippen LogP contribution < -0.4 is 4.74 Å². The lowest BCUT2D eigenvalue weighted by atomic mass is 9.92. The molecule has 0 unspecified atom stereocenters. The van der Waals surface area contributed by atoms with Crippen LogP contribution in [0.5, 0.6) is 5.75 Å². The van der Waals surface area contributed by atoms with Crippen LogP contribution in [0.15, 0.2) is 72.9 Å². The zero-order valence-electron chi connectivity index (χ0n) is 18.6. The van der Waals surface area contributed by atoms with Crippen molar-refractivity contribution in [3.63, 3.8) is 0 Å². The van der Waals surface area contributed by atoms with Crippen LogP contribution in [0.3, 0.4) is 0 Å². The summed E-state index contributed by atoms with van der Waals surface area (Å²) in [6.07, 6.45) is 1.61. The van der Waals surface area contributed by atoms with E-state index in [-0.39, 0.29) is 18.1 Å². The number of nitrogens with zero attached hydrogens (tertiary/aromatic N) is 3. The van der Waals surface area contributed by atoms with Crippen molar-refractivity contribution in [2.45, 2.75) is 26.1 Å². The number of ketones is 1. The van der Waals surface area contributed by atoms with E-state index in [2.05, 4.69) is 11.1 Å². The van der Waals surface area contributed by atoms with Gasteiger partial charge in [0.05, 0.1) is 17.2 Å². The molecule has 0 saturated heterocycles. The Morgan fingerprint density at radius 1 is 1.06 bits per heavy atom. The average molecular weight is 453 g/mol. The number of halogens is 1. The third kappa shape index (κ3) is 3.69. The van der Waals surface area contributed by atoms with Gasteiger partial charge in [0.2, 0.25) is 11.7 Å². The number of carbonyl (C=O) groups is 1. The van der Waals surface area contributed by atoms with Crippen LogP contribution in [0.25, 0.3) is 17.0 Å². The molecule has 6 nitrogen and oxygen atoms in total. The number of ether oxygens (including phenoxy) is 2. The number of carbonyl (C=O) groups excluding carboxylic acids is 1. The first-order valence-corrected chi connectivity index (χ1v) is 10.7. The number of imidazole rings is 1. The molecule has 34 heavy (non-hydrogen) atoms. The molecule has 0 bridgehead atoms. The Hall–Kier alpha value is -4.44. The summed E-state index contributed by atoms with van der Waals surface area (Å²) in [4.78, 5) is 17.4. The van der Waals surface area contributed by atoms with Crippen LogP contribution >= 0.6 is 0 Å². The monoisotopic (exact) mass is 453 g/mol. The minimum atomic E-state index is -1.01. The molecule has 2 aromatic carbocycles. The highest BCUT2D eigenvalue weighted by Crippen LogP contribution is 2.41. The fourth-order valence-electron chi connectivity index (χ4n) is 3.89. The third-order valence-electron chi connectivity index (χ3n) is 5.69. The van der Waals surface area contributed by atoms with E-state index in [4.69, 9.17) is 14.7 Å². The van der Waals surface area contributed by atoms with Crippen LogP contribution in [0.4, 0.5) is 4.39 Å². The number of hydrogen-bond acceptors (Lipinski definition) is 5. The van der Waals surface area contributed by atoms with Gasteiger partial charge in [-0.1, -0.05) is 18.2 Å². The predicted octanol–water partition coefficient (Wildman–Crippen LogP) is 5.17. The van der Waals surface area contributed by atoms with E-state index in [9.17, 15) is 9.18 Å². The Bertz CT molecular complexity index is 1480. The molecule has 168 valence electrons. The highest BCUT2D eigenvalue weighted by Gasteiger charge is 2.42. The van der Waals surface area contributed by atoms with Gasteiger partial charge in [0.1, 0.15) is 29.5 Å². The lowest BCUT2D eigenvalue weighted by molar-refractivity contribution is -0.125. The number of Topliss-reactive ketones (excluding diaryl/α,β-unsaturated/α-hetero) is 1. The molecule has 0 fully saturated rings. The summed E-state index contributed by atoms with van der Waals surface area (Å²) in [5.74, 6) is 0.402. The van der Waals surface area contributed by atoms with E-state index in [1.54, 1.807) is 86.8 Å². The molecule has 1 aliphatic heterocycles. The maximum absolute atomic E-state index is 14.5. The number of nitriles is 1. The van der Waals surface area contributed by atoms with E-state index in [0.717, 1.165) is 5.56 Å². The molecule has 1 aliphatic rings. The lowest BCUT2D eigenvalue weighted by Crippen LogP contribution is -2.29. The second-order valence-corrected chi connectivity index (χ2v) is 8.43. The number of aromatic nitrogens is 2. The molecule has 7 heteroatoms. The van der Waals surface area contributed by atoms with E-state index in [0.29, 0.717) is 33.9 Å². The van der Waals surface area contributed by atoms with Gasteiger partial charge in [0.25, 0.3) is 0 Å². The van der Waals surface area contributed by atoms with Crippen LogP contribution in [0.1, 0.15) is 36.2 Å². The molecule has 0 N–H and O–H groups in total. The molecule has 3 heterocycles. The third-order valence-corrected chi connectivity index (χ3v) is 5.69. The van der Waals surface area contributed by atoms with Crippen molar-refractivity contribution in [2.24, 2.45) is 0 Å². The minimum absolute atomic E-state index is 0.0267. The van der Waals surface area contributed by atoms with Crippen molar-refractivity contribution in [1.29, 1.82) is 5.26 Å². The standard InChI is InChI=1S/C27H20FN3O3/c1-27(2)25(32)23(24(34-27)19-8-6-17(15-29)7-9-19)18-10-12-20(13-11-18)33-16-21-26(28)31-14-4-3-5-22(31)30-21/h3-14H,16H2,1-2H3. The Morgan fingerprint density at radius 3 is 2.44 bits per heavy atom. The summed E-state index contributed by atoms with van der Waals surface area (Å²) in [6.45, 7) is 3.43. The van der Waals surface area contributed by atoms with E-state index in [1.165, 1.54) is 4.40 Å². The van der Waals surface area contributed by atoms with Gasteiger partial charge >= 0.3 is 0 Å². The fraction of sp³-hybridized carbons (Fsp3) is 0.148. The molecular weight excluding hydrogens is 433 g/mol. The molecule has 0 atom stereocenters. The van der Waals surface area contributed by atoms with Gasteiger partial charge in [-0.05, 0) is 67.9 Å². The quantitative estimate of drug-likeness (QED) is 0.417. The van der Waals surface area contributed by atoms with Crippen LogP contribution in [0.2, 0.25) is 0 Å². The van der Waals surface area contributed by atoms with Gasteiger partial charge in [0.15, 0.2) is 5.60 Å². The van der Waals surface area contributed by atoms with E-state index in [1.807, 2.05) is 0 Å². The zero-order chi connectivity index (χ0) is 23.9. The van der Waals surface area contributed by atoms with Gasteiger partial charge in [-0.25, -0.2) is 4.98 Å². The van der Waals surface area contributed by atoms with Gasteiger partial charge in [-0.2, -0.15) is 9.65 Å². The minimum Gasteiger partial charge on any atom is -0.487 e. The van der Waals surface area contributed by atoms with Crippen LogP contribution in [0, 0.1) is 17.3 Å². The Balaban J connectivity index is 1.41. The number of benzene rings is 2. The topological polar surface area (TPSA) is 76.6 Å². The van der Waals surface area contributed by atoms with E-state index >= 15 is 0 Å². The molecule has 0 amide bonds. The Morgan fingerprint density at radius 2 is 1.76 bits per heavy atom. The first-order chi connectivity index (χ1) is 16.4. The second kappa shape index (κ2) is 8.16. The molecule has 5 rings (SSSR count). The SMILES string of the molecule is CC1(C)OC(c2ccc(C#N)cc2)=C(c2ccc(OCc3nc4ccccn4c3F)cc2)C1=O. The molecule has 0 spiro atoms. The van der Waals surface area contributed by atoms with Crippen molar-refractivity contribution in [1.82, 2.24) is 9.38 Å². The van der Waals surface area contributed by atoms with Crippen molar-refractivity contribution < 1.29 is 18.7 Å². The first-order valence-electron chi connectivity index (χ1n) is 10.7. The first kappa shape index (κ1) is 21.4. The van der Waals surface area contributed by atoms with E-state index < -0.39 is 11.5 Å². The molecule has 2 aromatic heterocycles. The number of pyridine rings is 1. The summed E-state index contributed by atoms with van der Waals surface area (Å²) in [5.41, 5.74) is 2.11. The lowest BCUT2D eigenvalue weighted by Gasteiger charge is -2.17. The van der Waals surface area contributed by atoms with Crippen molar-refractivity contribution in [3.8, 4) is 11.8 Å². The molecule has 0 saturated carbocycles. The van der Waals surface area contributed by atoms with Crippen molar-refractivity contribution in [2.75, 3.05) is 0 Å². The summed E-state index contributed by atoms with van der Waals surface area (Å²) in [6, 6.07) is 21.3. The van der Waals surface area contributed by atoms with Crippen LogP contribution in [-0.4, -0.2) is 20.8 Å².